The van der Waals surface area contributed by atoms with E-state index in [-0.39, 0.29) is 11.2 Å². The van der Waals surface area contributed by atoms with Crippen LogP contribution in [-0.2, 0) is 19.6 Å². The summed E-state index contributed by atoms with van der Waals surface area (Å²) in [6.07, 6.45) is 1.51. The number of fused-ring (bicyclic) bond motifs is 1. The number of aromatic nitrogens is 1. The van der Waals surface area contributed by atoms with Crippen molar-refractivity contribution in [2.45, 2.75) is 19.6 Å². The standard InChI is InChI=1S/C15H14Cl2N2O2/c16-12-2-1-10(5-13(12)17)7-18-3-4-19-9-15(21)14(20)6-11(19)8-18/h1-2,5-6,9,21H,3-4,7-8H2. The van der Waals surface area contributed by atoms with Crippen LogP contribution < -0.4 is 5.43 Å². The first kappa shape index (κ1) is 14.4. The van der Waals surface area contributed by atoms with Gasteiger partial charge in [-0.3, -0.25) is 9.69 Å². The van der Waals surface area contributed by atoms with Gasteiger partial charge >= 0.3 is 0 Å². The van der Waals surface area contributed by atoms with Crippen molar-refractivity contribution in [1.29, 1.82) is 0 Å². The highest BCUT2D eigenvalue weighted by Crippen LogP contribution is 2.24. The molecule has 0 atom stereocenters. The first-order valence-electron chi connectivity index (χ1n) is 6.61. The normalized spacial score (nSPS) is 15.0. The molecule has 0 aliphatic carbocycles. The number of rotatable bonds is 2. The van der Waals surface area contributed by atoms with E-state index in [0.29, 0.717) is 16.6 Å². The summed E-state index contributed by atoms with van der Waals surface area (Å²) in [5.41, 5.74) is 1.65. The van der Waals surface area contributed by atoms with Gasteiger partial charge in [0, 0.05) is 37.9 Å². The third-order valence-electron chi connectivity index (χ3n) is 3.63. The number of hydrogen-bond acceptors (Lipinski definition) is 3. The highest BCUT2D eigenvalue weighted by Gasteiger charge is 2.17. The second kappa shape index (κ2) is 5.72. The van der Waals surface area contributed by atoms with Gasteiger partial charge in [0.25, 0.3) is 0 Å². The van der Waals surface area contributed by atoms with Gasteiger partial charge in [0.15, 0.2) is 5.75 Å². The Labute approximate surface area is 132 Å². The molecule has 1 N–H and O–H groups in total. The molecule has 0 saturated carbocycles. The largest absolute Gasteiger partial charge is 0.503 e. The van der Waals surface area contributed by atoms with Crippen LogP contribution in [0.3, 0.4) is 0 Å². The van der Waals surface area contributed by atoms with Gasteiger partial charge in [-0.1, -0.05) is 29.3 Å². The molecule has 1 aliphatic heterocycles. The lowest BCUT2D eigenvalue weighted by Gasteiger charge is -2.30. The van der Waals surface area contributed by atoms with Crippen LogP contribution in [0.2, 0.25) is 10.0 Å². The number of hydrogen-bond donors (Lipinski definition) is 1. The molecule has 0 amide bonds. The molecule has 0 unspecified atom stereocenters. The minimum Gasteiger partial charge on any atom is -0.503 e. The number of nitrogens with zero attached hydrogens (tertiary/aromatic N) is 2. The lowest BCUT2D eigenvalue weighted by molar-refractivity contribution is 0.210. The molecule has 2 heterocycles. The van der Waals surface area contributed by atoms with E-state index in [2.05, 4.69) is 4.90 Å². The van der Waals surface area contributed by atoms with Gasteiger partial charge in [0.05, 0.1) is 16.2 Å². The van der Waals surface area contributed by atoms with Gasteiger partial charge in [-0.2, -0.15) is 0 Å². The first-order chi connectivity index (χ1) is 10.0. The van der Waals surface area contributed by atoms with Gasteiger partial charge in [0.1, 0.15) is 0 Å². The van der Waals surface area contributed by atoms with Crippen molar-refractivity contribution in [3.05, 3.63) is 62.0 Å². The molecular formula is C15H14Cl2N2O2. The Morgan fingerprint density at radius 3 is 2.71 bits per heavy atom. The molecule has 0 fully saturated rings. The lowest BCUT2D eigenvalue weighted by atomic mass is 10.2. The van der Waals surface area contributed by atoms with Crippen molar-refractivity contribution in [2.75, 3.05) is 6.54 Å². The molecule has 6 heteroatoms. The third-order valence-corrected chi connectivity index (χ3v) is 4.37. The minimum atomic E-state index is -0.336. The van der Waals surface area contributed by atoms with Crippen LogP contribution in [0.4, 0.5) is 0 Å². The molecule has 3 rings (SSSR count). The van der Waals surface area contributed by atoms with E-state index in [4.69, 9.17) is 23.2 Å². The van der Waals surface area contributed by atoms with Crippen molar-refractivity contribution < 1.29 is 5.11 Å². The molecule has 2 aromatic rings. The molecule has 21 heavy (non-hydrogen) atoms. The molecule has 1 aromatic carbocycles. The lowest BCUT2D eigenvalue weighted by Crippen LogP contribution is -2.34. The van der Waals surface area contributed by atoms with Crippen molar-refractivity contribution in [2.24, 2.45) is 0 Å². The quantitative estimate of drug-likeness (QED) is 0.923. The topological polar surface area (TPSA) is 45.5 Å². The second-order valence-corrected chi connectivity index (χ2v) is 5.98. The fourth-order valence-corrected chi connectivity index (χ4v) is 2.86. The van der Waals surface area contributed by atoms with E-state index < -0.39 is 0 Å². The summed E-state index contributed by atoms with van der Waals surface area (Å²) in [4.78, 5) is 13.8. The van der Waals surface area contributed by atoms with Crippen molar-refractivity contribution in [1.82, 2.24) is 9.47 Å². The van der Waals surface area contributed by atoms with E-state index in [9.17, 15) is 9.90 Å². The SMILES string of the molecule is O=c1cc2n(cc1O)CCN(Cc1ccc(Cl)c(Cl)c1)C2. The Balaban J connectivity index is 1.78. The van der Waals surface area contributed by atoms with Gasteiger partial charge in [0.2, 0.25) is 5.43 Å². The highest BCUT2D eigenvalue weighted by molar-refractivity contribution is 6.42. The fraction of sp³-hybridized carbons (Fsp3) is 0.267. The minimum absolute atomic E-state index is 0.198. The van der Waals surface area contributed by atoms with Gasteiger partial charge < -0.3 is 9.67 Å². The summed E-state index contributed by atoms with van der Waals surface area (Å²) in [6, 6.07) is 7.10. The van der Waals surface area contributed by atoms with E-state index >= 15 is 0 Å². The maximum Gasteiger partial charge on any atom is 0.223 e. The Bertz CT molecular complexity index is 743. The van der Waals surface area contributed by atoms with Crippen molar-refractivity contribution >= 4 is 23.2 Å². The van der Waals surface area contributed by atoms with Crippen LogP contribution in [-0.4, -0.2) is 21.1 Å². The van der Waals surface area contributed by atoms with Crippen LogP contribution in [0.15, 0.2) is 35.3 Å². The Morgan fingerprint density at radius 1 is 1.14 bits per heavy atom. The van der Waals surface area contributed by atoms with E-state index in [0.717, 1.165) is 30.9 Å². The van der Waals surface area contributed by atoms with Gasteiger partial charge in [-0.25, -0.2) is 0 Å². The van der Waals surface area contributed by atoms with E-state index in [1.807, 2.05) is 16.7 Å². The molecule has 0 bridgehead atoms. The molecule has 0 spiro atoms. The number of aromatic hydroxyl groups is 1. The molecule has 1 aromatic heterocycles. The summed E-state index contributed by atoms with van der Waals surface area (Å²) < 4.78 is 1.92. The molecule has 0 saturated heterocycles. The Hall–Kier alpha value is -1.49. The number of benzene rings is 1. The average molecular weight is 325 g/mol. The van der Waals surface area contributed by atoms with Gasteiger partial charge in [-0.15, -0.1) is 0 Å². The van der Waals surface area contributed by atoms with Crippen molar-refractivity contribution in [3.8, 4) is 5.75 Å². The maximum absolute atomic E-state index is 11.5. The molecule has 4 nitrogen and oxygen atoms in total. The highest BCUT2D eigenvalue weighted by atomic mass is 35.5. The summed E-state index contributed by atoms with van der Waals surface area (Å²) in [5, 5.41) is 10.6. The van der Waals surface area contributed by atoms with Crippen LogP contribution >= 0.6 is 23.2 Å². The summed E-state index contributed by atoms with van der Waals surface area (Å²) >= 11 is 11.9. The third kappa shape index (κ3) is 3.07. The zero-order chi connectivity index (χ0) is 15.0. The molecule has 0 radical (unpaired) electrons. The summed E-state index contributed by atoms with van der Waals surface area (Å²) in [5.74, 6) is -0.198. The Kier molecular flexibility index (Phi) is 3.93. The zero-order valence-electron chi connectivity index (χ0n) is 11.2. The van der Waals surface area contributed by atoms with E-state index in [1.165, 1.54) is 12.3 Å². The molecule has 1 aliphatic rings. The van der Waals surface area contributed by atoms with Crippen LogP contribution in [0, 0.1) is 0 Å². The van der Waals surface area contributed by atoms with Crippen molar-refractivity contribution in [3.63, 3.8) is 0 Å². The second-order valence-electron chi connectivity index (χ2n) is 5.17. The predicted molar refractivity (Wildman–Crippen MR) is 82.9 cm³/mol. The van der Waals surface area contributed by atoms with Crippen LogP contribution in [0.25, 0.3) is 0 Å². The van der Waals surface area contributed by atoms with Gasteiger partial charge in [-0.05, 0) is 17.7 Å². The maximum atomic E-state index is 11.5. The average Bonchev–Trinajstić information content (AvgIpc) is 2.44. The molecule has 110 valence electrons. The summed E-state index contributed by atoms with van der Waals surface area (Å²) in [6.45, 7) is 2.99. The number of halogens is 2. The fourth-order valence-electron chi connectivity index (χ4n) is 2.54. The van der Waals surface area contributed by atoms with Crippen LogP contribution in [0.5, 0.6) is 5.75 Å². The van der Waals surface area contributed by atoms with E-state index in [1.54, 1.807) is 6.07 Å². The Morgan fingerprint density at radius 2 is 1.95 bits per heavy atom. The molecular weight excluding hydrogens is 311 g/mol. The summed E-state index contributed by atoms with van der Waals surface area (Å²) in [7, 11) is 0. The number of pyridine rings is 1. The smallest absolute Gasteiger partial charge is 0.223 e. The monoisotopic (exact) mass is 324 g/mol. The first-order valence-corrected chi connectivity index (χ1v) is 7.37. The van der Waals surface area contributed by atoms with Crippen LogP contribution in [0.1, 0.15) is 11.3 Å². The predicted octanol–water partition coefficient (Wildman–Crippen LogP) is 2.88. The zero-order valence-corrected chi connectivity index (χ0v) is 12.7.